The standard InChI is InChI=1S/C30H37N3O/c1-23-11-7-10-14-27(23)25-15-17-29(33(6)20-19-31(2)3)28(21-25)30(34)18-16-24-12-8-9-13-26(24)22-32(4)5/h7-18,21H,19-20,22H2,1-6H3/b18-16+. The Kier molecular flexibility index (Phi) is 8.80. The molecule has 0 aliphatic rings. The molecule has 0 bridgehead atoms. The zero-order valence-electron chi connectivity index (χ0n) is 21.4. The van der Waals surface area contributed by atoms with Crippen LogP contribution in [0.1, 0.15) is 27.0 Å². The Morgan fingerprint density at radius 1 is 0.824 bits per heavy atom. The van der Waals surface area contributed by atoms with Gasteiger partial charge in [0.2, 0.25) is 0 Å². The summed E-state index contributed by atoms with van der Waals surface area (Å²) in [5.74, 6) is 0.0155. The van der Waals surface area contributed by atoms with Crippen molar-refractivity contribution in [2.24, 2.45) is 0 Å². The van der Waals surface area contributed by atoms with Crippen molar-refractivity contribution in [3.63, 3.8) is 0 Å². The third kappa shape index (κ3) is 6.66. The molecule has 0 unspecified atom stereocenters. The normalized spacial score (nSPS) is 11.5. The number of carbonyl (C=O) groups excluding carboxylic acids is 1. The van der Waals surface area contributed by atoms with E-state index in [9.17, 15) is 4.79 Å². The summed E-state index contributed by atoms with van der Waals surface area (Å²) in [6, 6.07) is 22.8. The zero-order valence-corrected chi connectivity index (χ0v) is 21.4. The summed E-state index contributed by atoms with van der Waals surface area (Å²) < 4.78 is 0. The van der Waals surface area contributed by atoms with Gasteiger partial charge in [-0.1, -0.05) is 60.7 Å². The fourth-order valence-corrected chi connectivity index (χ4v) is 4.04. The van der Waals surface area contributed by atoms with Crippen LogP contribution in [-0.2, 0) is 6.54 Å². The van der Waals surface area contributed by atoms with E-state index in [-0.39, 0.29) is 5.78 Å². The summed E-state index contributed by atoms with van der Waals surface area (Å²) in [6.45, 7) is 4.69. The van der Waals surface area contributed by atoms with Crippen molar-refractivity contribution in [1.29, 1.82) is 0 Å². The van der Waals surface area contributed by atoms with Crippen LogP contribution < -0.4 is 4.90 Å². The highest BCUT2D eigenvalue weighted by Crippen LogP contribution is 2.30. The quantitative estimate of drug-likeness (QED) is 0.293. The predicted octanol–water partition coefficient (Wildman–Crippen LogP) is 5.62. The van der Waals surface area contributed by atoms with Crippen LogP contribution in [0.3, 0.4) is 0 Å². The molecule has 0 radical (unpaired) electrons. The number of aryl methyl sites for hydroxylation is 1. The number of hydrogen-bond acceptors (Lipinski definition) is 4. The van der Waals surface area contributed by atoms with Gasteiger partial charge in [-0.25, -0.2) is 0 Å². The number of nitrogens with zero attached hydrogens (tertiary/aromatic N) is 3. The molecule has 0 aliphatic carbocycles. The first-order valence-corrected chi connectivity index (χ1v) is 11.8. The average molecular weight is 456 g/mol. The molecule has 0 atom stereocenters. The third-order valence-corrected chi connectivity index (χ3v) is 5.97. The van der Waals surface area contributed by atoms with Gasteiger partial charge in [0.25, 0.3) is 0 Å². The summed E-state index contributed by atoms with van der Waals surface area (Å²) in [4.78, 5) is 20.0. The van der Waals surface area contributed by atoms with Crippen LogP contribution in [0.4, 0.5) is 5.69 Å². The maximum Gasteiger partial charge on any atom is 0.187 e. The van der Waals surface area contributed by atoms with Gasteiger partial charge in [0.15, 0.2) is 5.78 Å². The summed E-state index contributed by atoms with van der Waals surface area (Å²) >= 11 is 0. The molecule has 0 saturated heterocycles. The van der Waals surface area contributed by atoms with Crippen LogP contribution in [0.15, 0.2) is 72.8 Å². The average Bonchev–Trinajstić information content (AvgIpc) is 2.81. The van der Waals surface area contributed by atoms with E-state index >= 15 is 0 Å². The molecule has 3 aromatic carbocycles. The molecule has 0 amide bonds. The second-order valence-electron chi connectivity index (χ2n) is 9.41. The zero-order chi connectivity index (χ0) is 24.7. The molecule has 4 nitrogen and oxygen atoms in total. The monoisotopic (exact) mass is 455 g/mol. The minimum Gasteiger partial charge on any atom is -0.373 e. The van der Waals surface area contributed by atoms with E-state index in [1.807, 2.05) is 36.4 Å². The number of anilines is 1. The minimum absolute atomic E-state index is 0.0155. The first-order chi connectivity index (χ1) is 16.3. The molecule has 0 fully saturated rings. The molecular weight excluding hydrogens is 418 g/mol. The highest BCUT2D eigenvalue weighted by atomic mass is 16.1. The molecule has 0 aliphatic heterocycles. The topological polar surface area (TPSA) is 26.8 Å². The van der Waals surface area contributed by atoms with E-state index in [0.29, 0.717) is 0 Å². The summed E-state index contributed by atoms with van der Waals surface area (Å²) in [5, 5.41) is 0. The van der Waals surface area contributed by atoms with Crippen molar-refractivity contribution in [1.82, 2.24) is 9.80 Å². The molecule has 4 heteroatoms. The smallest absolute Gasteiger partial charge is 0.187 e. The highest BCUT2D eigenvalue weighted by molar-refractivity contribution is 6.11. The van der Waals surface area contributed by atoms with Crippen molar-refractivity contribution in [3.05, 3.63) is 95.1 Å². The Labute approximate surface area is 205 Å². The lowest BCUT2D eigenvalue weighted by atomic mass is 9.96. The highest BCUT2D eigenvalue weighted by Gasteiger charge is 2.15. The molecule has 3 aromatic rings. The molecule has 178 valence electrons. The van der Waals surface area contributed by atoms with Crippen LogP contribution in [0.5, 0.6) is 0 Å². The van der Waals surface area contributed by atoms with Crippen molar-refractivity contribution in [2.75, 3.05) is 53.2 Å². The summed E-state index contributed by atoms with van der Waals surface area (Å²) in [5.41, 5.74) is 7.36. The molecule has 0 saturated carbocycles. The largest absolute Gasteiger partial charge is 0.373 e. The third-order valence-electron chi connectivity index (χ3n) is 5.97. The van der Waals surface area contributed by atoms with Gasteiger partial charge in [0.05, 0.1) is 0 Å². The van der Waals surface area contributed by atoms with E-state index in [1.165, 1.54) is 11.1 Å². The van der Waals surface area contributed by atoms with Gasteiger partial charge in [-0.15, -0.1) is 0 Å². The number of carbonyl (C=O) groups is 1. The second kappa shape index (κ2) is 11.8. The van der Waals surface area contributed by atoms with Crippen molar-refractivity contribution in [3.8, 4) is 11.1 Å². The minimum atomic E-state index is 0.0155. The van der Waals surface area contributed by atoms with Crippen LogP contribution in [-0.4, -0.2) is 63.9 Å². The Morgan fingerprint density at radius 3 is 2.24 bits per heavy atom. The fraction of sp³-hybridized carbons (Fsp3) is 0.300. The maximum atomic E-state index is 13.5. The number of allylic oxidation sites excluding steroid dienone is 1. The Morgan fingerprint density at radius 2 is 1.53 bits per heavy atom. The van der Waals surface area contributed by atoms with E-state index in [4.69, 9.17) is 0 Å². The lowest BCUT2D eigenvalue weighted by Gasteiger charge is -2.24. The molecule has 0 N–H and O–H groups in total. The molecule has 3 rings (SSSR count). The van der Waals surface area contributed by atoms with Gasteiger partial charge in [-0.2, -0.15) is 0 Å². The fourth-order valence-electron chi connectivity index (χ4n) is 4.04. The second-order valence-corrected chi connectivity index (χ2v) is 9.41. The van der Waals surface area contributed by atoms with Gasteiger partial charge in [0, 0.05) is 37.9 Å². The van der Waals surface area contributed by atoms with E-state index in [1.54, 1.807) is 6.08 Å². The van der Waals surface area contributed by atoms with Gasteiger partial charge < -0.3 is 14.7 Å². The van der Waals surface area contributed by atoms with E-state index < -0.39 is 0 Å². The molecule has 0 spiro atoms. The number of hydrogen-bond donors (Lipinski definition) is 0. The number of benzene rings is 3. The van der Waals surface area contributed by atoms with Crippen LogP contribution >= 0.6 is 0 Å². The SMILES string of the molecule is Cc1ccccc1-c1ccc(N(C)CCN(C)C)c(C(=O)/C=C/c2ccccc2CN(C)C)c1. The predicted molar refractivity (Wildman–Crippen MR) is 146 cm³/mol. The lowest BCUT2D eigenvalue weighted by molar-refractivity contribution is 0.104. The maximum absolute atomic E-state index is 13.5. The van der Waals surface area contributed by atoms with Crippen molar-refractivity contribution < 1.29 is 4.79 Å². The summed E-state index contributed by atoms with van der Waals surface area (Å²) in [6.07, 6.45) is 3.67. The lowest BCUT2D eigenvalue weighted by Crippen LogP contribution is -2.29. The Balaban J connectivity index is 1.99. The summed E-state index contributed by atoms with van der Waals surface area (Å²) in [7, 11) is 10.3. The van der Waals surface area contributed by atoms with Gasteiger partial charge in [-0.3, -0.25) is 4.79 Å². The van der Waals surface area contributed by atoms with Gasteiger partial charge in [0.1, 0.15) is 0 Å². The Bertz CT molecular complexity index is 1150. The van der Waals surface area contributed by atoms with E-state index in [2.05, 4.69) is 93.3 Å². The molecule has 0 heterocycles. The van der Waals surface area contributed by atoms with E-state index in [0.717, 1.165) is 47.6 Å². The van der Waals surface area contributed by atoms with Gasteiger partial charge in [-0.05, 0) is 81.1 Å². The molecule has 34 heavy (non-hydrogen) atoms. The van der Waals surface area contributed by atoms with Crippen molar-refractivity contribution >= 4 is 17.5 Å². The van der Waals surface area contributed by atoms with Gasteiger partial charge >= 0.3 is 0 Å². The number of likely N-dealkylation sites (N-methyl/N-ethyl adjacent to an activating group) is 2. The first-order valence-electron chi connectivity index (χ1n) is 11.8. The molecular formula is C30H37N3O. The number of ketones is 1. The Hall–Kier alpha value is -3.21. The van der Waals surface area contributed by atoms with Crippen LogP contribution in [0.2, 0.25) is 0 Å². The number of rotatable bonds is 10. The van der Waals surface area contributed by atoms with Crippen LogP contribution in [0, 0.1) is 6.92 Å². The molecule has 0 aromatic heterocycles. The van der Waals surface area contributed by atoms with Crippen molar-refractivity contribution in [2.45, 2.75) is 13.5 Å². The first kappa shape index (κ1) is 25.4. The van der Waals surface area contributed by atoms with Crippen LogP contribution in [0.25, 0.3) is 17.2 Å².